The Balaban J connectivity index is 4.16. The van der Waals surface area contributed by atoms with Crippen LogP contribution < -0.4 is 5.32 Å². The first-order valence-electron chi connectivity index (χ1n) is 5.63. The molecule has 100 valence electrons. The third-order valence-corrected chi connectivity index (χ3v) is 2.40. The minimum atomic E-state index is -1.02. The van der Waals surface area contributed by atoms with Gasteiger partial charge in [-0.2, -0.15) is 0 Å². The van der Waals surface area contributed by atoms with Crippen molar-refractivity contribution in [2.75, 3.05) is 27.3 Å². The zero-order valence-electron chi connectivity index (χ0n) is 10.9. The van der Waals surface area contributed by atoms with Crippen LogP contribution in [-0.4, -0.2) is 55.4 Å². The molecule has 0 saturated carbocycles. The molecule has 0 bridgehead atoms. The number of aliphatic carboxylic acids is 1. The first kappa shape index (κ1) is 15.7. The lowest BCUT2D eigenvalue weighted by molar-refractivity contribution is -0.140. The third kappa shape index (κ3) is 6.11. The molecule has 6 nitrogen and oxygen atoms in total. The second kappa shape index (κ2) is 7.89. The Labute approximate surface area is 102 Å². The van der Waals surface area contributed by atoms with E-state index in [0.717, 1.165) is 6.42 Å². The van der Waals surface area contributed by atoms with Crippen molar-refractivity contribution in [3.8, 4) is 0 Å². The van der Waals surface area contributed by atoms with Crippen molar-refractivity contribution in [2.24, 2.45) is 5.92 Å². The van der Waals surface area contributed by atoms with Crippen LogP contribution in [0.1, 0.15) is 20.3 Å². The van der Waals surface area contributed by atoms with Crippen molar-refractivity contribution in [3.63, 3.8) is 0 Å². The molecule has 0 aromatic rings. The summed E-state index contributed by atoms with van der Waals surface area (Å²) in [5.41, 5.74) is 0. The van der Waals surface area contributed by atoms with Gasteiger partial charge in [-0.25, -0.2) is 9.59 Å². The fraction of sp³-hybridized carbons (Fsp3) is 0.818. The van der Waals surface area contributed by atoms with E-state index in [2.05, 4.69) is 5.32 Å². The average Bonchev–Trinajstić information content (AvgIpc) is 2.24. The lowest BCUT2D eigenvalue weighted by Crippen LogP contribution is -2.49. The van der Waals surface area contributed by atoms with Gasteiger partial charge < -0.3 is 20.1 Å². The predicted octanol–water partition coefficient (Wildman–Crippen LogP) is 0.773. The molecule has 2 N–H and O–H groups in total. The van der Waals surface area contributed by atoms with Crippen LogP contribution in [0.2, 0.25) is 0 Å². The van der Waals surface area contributed by atoms with Crippen LogP contribution >= 0.6 is 0 Å². The minimum absolute atomic E-state index is 0.149. The summed E-state index contributed by atoms with van der Waals surface area (Å²) in [5.74, 6) is -1.16. The highest BCUT2D eigenvalue weighted by molar-refractivity contribution is 5.82. The van der Waals surface area contributed by atoms with Crippen molar-refractivity contribution < 1.29 is 19.4 Å². The molecule has 0 radical (unpaired) electrons. The zero-order valence-corrected chi connectivity index (χ0v) is 10.9. The second-order valence-corrected chi connectivity index (χ2v) is 4.28. The van der Waals surface area contributed by atoms with Gasteiger partial charge in [-0.1, -0.05) is 13.8 Å². The number of urea groups is 1. The van der Waals surface area contributed by atoms with Crippen LogP contribution in [0.15, 0.2) is 0 Å². The Bertz CT molecular complexity index is 256. The topological polar surface area (TPSA) is 78.9 Å². The molecular formula is C11H22N2O4. The molecule has 6 heteroatoms. The van der Waals surface area contributed by atoms with Crippen LogP contribution in [0.3, 0.4) is 0 Å². The maximum Gasteiger partial charge on any atom is 0.326 e. The lowest BCUT2D eigenvalue weighted by Gasteiger charge is -2.23. The molecule has 0 aliphatic carbocycles. The SMILES string of the molecule is COCCCN(C)C(=O)NC(C(=O)O)C(C)C. The Morgan fingerprint density at radius 1 is 1.41 bits per heavy atom. The molecule has 0 heterocycles. The molecule has 0 aliphatic heterocycles. The molecule has 0 aliphatic rings. The Morgan fingerprint density at radius 2 is 2.00 bits per heavy atom. The maximum atomic E-state index is 11.7. The monoisotopic (exact) mass is 246 g/mol. The van der Waals surface area contributed by atoms with Crippen molar-refractivity contribution in [3.05, 3.63) is 0 Å². The molecule has 0 aromatic carbocycles. The minimum Gasteiger partial charge on any atom is -0.480 e. The number of ether oxygens (including phenoxy) is 1. The van der Waals surface area contributed by atoms with Crippen molar-refractivity contribution in [1.82, 2.24) is 10.2 Å². The maximum absolute atomic E-state index is 11.7. The molecule has 1 atom stereocenters. The first-order chi connectivity index (χ1) is 7.90. The van der Waals surface area contributed by atoms with E-state index in [1.54, 1.807) is 28.0 Å². The molecule has 2 amide bonds. The molecule has 1 unspecified atom stereocenters. The number of hydrogen-bond acceptors (Lipinski definition) is 3. The third-order valence-electron chi connectivity index (χ3n) is 2.40. The molecule has 17 heavy (non-hydrogen) atoms. The van der Waals surface area contributed by atoms with Gasteiger partial charge in [0.25, 0.3) is 0 Å². The summed E-state index contributed by atoms with van der Waals surface area (Å²) in [5, 5.41) is 11.4. The number of nitrogens with zero attached hydrogens (tertiary/aromatic N) is 1. The highest BCUT2D eigenvalue weighted by Crippen LogP contribution is 2.02. The summed E-state index contributed by atoms with van der Waals surface area (Å²) in [7, 11) is 3.23. The fourth-order valence-corrected chi connectivity index (χ4v) is 1.30. The van der Waals surface area contributed by atoms with E-state index >= 15 is 0 Å². The van der Waals surface area contributed by atoms with Crippen molar-refractivity contribution >= 4 is 12.0 Å². The number of methoxy groups -OCH3 is 1. The summed E-state index contributed by atoms with van der Waals surface area (Å²) in [6.45, 7) is 4.61. The van der Waals surface area contributed by atoms with Gasteiger partial charge in [-0.15, -0.1) is 0 Å². The van der Waals surface area contributed by atoms with E-state index in [9.17, 15) is 9.59 Å². The molecule has 0 spiro atoms. The Hall–Kier alpha value is -1.30. The number of carbonyl (C=O) groups excluding carboxylic acids is 1. The van der Waals surface area contributed by atoms with Gasteiger partial charge >= 0.3 is 12.0 Å². The van der Waals surface area contributed by atoms with Gasteiger partial charge in [-0.05, 0) is 12.3 Å². The number of amides is 2. The van der Waals surface area contributed by atoms with E-state index in [1.165, 1.54) is 4.90 Å². The second-order valence-electron chi connectivity index (χ2n) is 4.28. The normalized spacial score (nSPS) is 12.3. The smallest absolute Gasteiger partial charge is 0.326 e. The number of nitrogens with one attached hydrogen (secondary N) is 1. The summed E-state index contributed by atoms with van der Waals surface area (Å²) in [4.78, 5) is 24.0. The molecule has 0 rings (SSSR count). The number of rotatable bonds is 7. The summed E-state index contributed by atoms with van der Waals surface area (Å²) in [6.07, 6.45) is 0.722. The number of carboxylic acid groups (broad SMARTS) is 1. The van der Waals surface area contributed by atoms with Crippen LogP contribution in [0.5, 0.6) is 0 Å². The molecule has 0 fully saturated rings. The van der Waals surface area contributed by atoms with Crippen LogP contribution in [0.25, 0.3) is 0 Å². The average molecular weight is 246 g/mol. The highest BCUT2D eigenvalue weighted by Gasteiger charge is 2.24. The predicted molar refractivity (Wildman–Crippen MR) is 63.9 cm³/mol. The van der Waals surface area contributed by atoms with Crippen LogP contribution in [-0.2, 0) is 9.53 Å². The van der Waals surface area contributed by atoms with Gasteiger partial charge in [0.05, 0.1) is 0 Å². The van der Waals surface area contributed by atoms with Crippen LogP contribution in [0.4, 0.5) is 4.79 Å². The van der Waals surface area contributed by atoms with Gasteiger partial charge in [-0.3, -0.25) is 0 Å². The number of hydrogen-bond donors (Lipinski definition) is 2. The first-order valence-corrected chi connectivity index (χ1v) is 5.63. The largest absolute Gasteiger partial charge is 0.480 e. The molecular weight excluding hydrogens is 224 g/mol. The molecule has 0 aromatic heterocycles. The highest BCUT2D eigenvalue weighted by atomic mass is 16.5. The van der Waals surface area contributed by atoms with Gasteiger partial charge in [0.1, 0.15) is 6.04 Å². The van der Waals surface area contributed by atoms with E-state index < -0.39 is 12.0 Å². The van der Waals surface area contributed by atoms with Gasteiger partial charge in [0, 0.05) is 27.3 Å². The Morgan fingerprint density at radius 3 is 2.41 bits per heavy atom. The van der Waals surface area contributed by atoms with E-state index in [0.29, 0.717) is 13.2 Å². The van der Waals surface area contributed by atoms with E-state index in [-0.39, 0.29) is 11.9 Å². The van der Waals surface area contributed by atoms with Gasteiger partial charge in [0.15, 0.2) is 0 Å². The van der Waals surface area contributed by atoms with E-state index in [1.807, 2.05) is 0 Å². The summed E-state index contributed by atoms with van der Waals surface area (Å²) >= 11 is 0. The number of carboxylic acids is 1. The Kier molecular flexibility index (Phi) is 7.29. The fourth-order valence-electron chi connectivity index (χ4n) is 1.30. The quantitative estimate of drug-likeness (QED) is 0.650. The standard InChI is InChI=1S/C11H22N2O4/c1-8(2)9(10(14)15)12-11(16)13(3)6-5-7-17-4/h8-9H,5-7H2,1-4H3,(H,12,16)(H,14,15). The lowest BCUT2D eigenvalue weighted by atomic mass is 10.1. The van der Waals surface area contributed by atoms with Gasteiger partial charge in [0.2, 0.25) is 0 Å². The van der Waals surface area contributed by atoms with Crippen LogP contribution in [0, 0.1) is 5.92 Å². The zero-order chi connectivity index (χ0) is 13.4. The van der Waals surface area contributed by atoms with E-state index in [4.69, 9.17) is 9.84 Å². The van der Waals surface area contributed by atoms with Crippen molar-refractivity contribution in [2.45, 2.75) is 26.3 Å². The molecule has 0 saturated heterocycles. The summed E-state index contributed by atoms with van der Waals surface area (Å²) in [6, 6.07) is -1.23. The summed E-state index contributed by atoms with van der Waals surface area (Å²) < 4.78 is 4.88. The number of carbonyl (C=O) groups is 2. The van der Waals surface area contributed by atoms with Crippen molar-refractivity contribution in [1.29, 1.82) is 0 Å².